The van der Waals surface area contributed by atoms with Gasteiger partial charge in [-0.05, 0) is 12.1 Å². The van der Waals surface area contributed by atoms with Crippen molar-refractivity contribution in [2.45, 2.75) is 6.04 Å². The number of halogens is 1. The van der Waals surface area contributed by atoms with Crippen molar-refractivity contribution in [2.24, 2.45) is 12.9 Å². The number of hydrazine groups is 1. The molecule has 1 unspecified atom stereocenters. The fourth-order valence-corrected chi connectivity index (χ4v) is 1.85. The Morgan fingerprint density at radius 1 is 1.50 bits per heavy atom. The number of aryl methyl sites for hydroxylation is 1. The van der Waals surface area contributed by atoms with Crippen LogP contribution in [0.25, 0.3) is 0 Å². The lowest BCUT2D eigenvalue weighted by molar-refractivity contribution is 0.395. The third kappa shape index (κ3) is 2.05. The molecular formula is C11H14FN5O. The molecule has 7 heteroatoms. The van der Waals surface area contributed by atoms with Gasteiger partial charge in [-0.15, -0.1) is 5.10 Å². The molecule has 0 radical (unpaired) electrons. The summed E-state index contributed by atoms with van der Waals surface area (Å²) in [6.07, 6.45) is 1.52. The summed E-state index contributed by atoms with van der Waals surface area (Å²) in [5.41, 5.74) is 3.52. The highest BCUT2D eigenvalue weighted by Crippen LogP contribution is 2.31. The highest BCUT2D eigenvalue weighted by molar-refractivity contribution is 5.40. The highest BCUT2D eigenvalue weighted by atomic mass is 19.1. The van der Waals surface area contributed by atoms with Gasteiger partial charge in [0, 0.05) is 7.05 Å². The van der Waals surface area contributed by atoms with Crippen LogP contribution in [0.2, 0.25) is 0 Å². The quantitative estimate of drug-likeness (QED) is 0.611. The monoisotopic (exact) mass is 251 g/mol. The van der Waals surface area contributed by atoms with E-state index in [1.807, 2.05) is 0 Å². The van der Waals surface area contributed by atoms with Crippen LogP contribution in [0.1, 0.15) is 17.3 Å². The Morgan fingerprint density at radius 2 is 2.28 bits per heavy atom. The van der Waals surface area contributed by atoms with Crippen LogP contribution in [0.3, 0.4) is 0 Å². The lowest BCUT2D eigenvalue weighted by Gasteiger charge is -2.19. The van der Waals surface area contributed by atoms with E-state index in [-0.39, 0.29) is 0 Å². The highest BCUT2D eigenvalue weighted by Gasteiger charge is 2.23. The lowest BCUT2D eigenvalue weighted by atomic mass is 10.0. The first-order valence-electron chi connectivity index (χ1n) is 5.32. The molecular weight excluding hydrogens is 237 g/mol. The van der Waals surface area contributed by atoms with Gasteiger partial charge in [0.1, 0.15) is 11.6 Å². The van der Waals surface area contributed by atoms with Gasteiger partial charge in [0.15, 0.2) is 0 Å². The molecule has 0 aliphatic carbocycles. The van der Waals surface area contributed by atoms with Crippen LogP contribution < -0.4 is 16.0 Å². The minimum Gasteiger partial charge on any atom is -0.496 e. The second-order valence-corrected chi connectivity index (χ2v) is 3.74. The Bertz CT molecular complexity index is 542. The van der Waals surface area contributed by atoms with Gasteiger partial charge in [-0.2, -0.15) is 0 Å². The number of aromatic nitrogens is 3. The van der Waals surface area contributed by atoms with Gasteiger partial charge in [-0.1, -0.05) is 11.3 Å². The third-order valence-corrected chi connectivity index (χ3v) is 2.73. The third-order valence-electron chi connectivity index (χ3n) is 2.73. The SMILES string of the molecule is COc1cccc(F)c1C(NN)c1cnnn1C. The zero-order valence-electron chi connectivity index (χ0n) is 10.1. The van der Waals surface area contributed by atoms with E-state index in [2.05, 4.69) is 15.7 Å². The summed E-state index contributed by atoms with van der Waals surface area (Å²) < 4.78 is 20.7. The molecule has 0 saturated heterocycles. The van der Waals surface area contributed by atoms with Crippen molar-refractivity contribution < 1.29 is 9.13 Å². The molecule has 3 N–H and O–H groups in total. The average Bonchev–Trinajstić information content (AvgIpc) is 2.79. The molecule has 0 saturated carbocycles. The second kappa shape index (κ2) is 5.11. The Balaban J connectivity index is 2.55. The van der Waals surface area contributed by atoms with E-state index < -0.39 is 11.9 Å². The number of hydrogen-bond donors (Lipinski definition) is 2. The van der Waals surface area contributed by atoms with Crippen molar-refractivity contribution in [3.8, 4) is 5.75 Å². The van der Waals surface area contributed by atoms with E-state index in [0.29, 0.717) is 17.0 Å². The molecule has 2 rings (SSSR count). The maximum Gasteiger partial charge on any atom is 0.132 e. The smallest absolute Gasteiger partial charge is 0.132 e. The van der Waals surface area contributed by atoms with E-state index in [1.165, 1.54) is 24.1 Å². The van der Waals surface area contributed by atoms with Crippen molar-refractivity contribution in [2.75, 3.05) is 7.11 Å². The standard InChI is InChI=1S/C11H14FN5O/c1-17-8(6-14-16-17)11(15-13)10-7(12)4-3-5-9(10)18-2/h3-6,11,15H,13H2,1-2H3. The maximum atomic E-state index is 14.0. The minimum atomic E-state index is -0.582. The largest absolute Gasteiger partial charge is 0.496 e. The molecule has 0 amide bonds. The molecule has 1 heterocycles. The van der Waals surface area contributed by atoms with Crippen molar-refractivity contribution in [3.63, 3.8) is 0 Å². The molecule has 1 atom stereocenters. The van der Waals surface area contributed by atoms with Gasteiger partial charge in [-0.3, -0.25) is 10.5 Å². The van der Waals surface area contributed by atoms with Crippen LogP contribution in [0.4, 0.5) is 4.39 Å². The molecule has 96 valence electrons. The molecule has 0 bridgehead atoms. The van der Waals surface area contributed by atoms with Crippen LogP contribution in [-0.2, 0) is 7.05 Å². The average molecular weight is 251 g/mol. The molecule has 0 aliphatic rings. The number of methoxy groups -OCH3 is 1. The molecule has 6 nitrogen and oxygen atoms in total. The second-order valence-electron chi connectivity index (χ2n) is 3.74. The van der Waals surface area contributed by atoms with Crippen LogP contribution in [0, 0.1) is 5.82 Å². The summed E-state index contributed by atoms with van der Waals surface area (Å²) in [6.45, 7) is 0. The number of benzene rings is 1. The number of nitrogens with two attached hydrogens (primary N) is 1. The van der Waals surface area contributed by atoms with E-state index in [9.17, 15) is 4.39 Å². The Hall–Kier alpha value is -1.99. The Kier molecular flexibility index (Phi) is 3.54. The number of rotatable bonds is 4. The molecule has 2 aromatic rings. The maximum absolute atomic E-state index is 14.0. The molecule has 0 spiro atoms. The molecule has 0 fully saturated rings. The molecule has 0 aliphatic heterocycles. The van der Waals surface area contributed by atoms with E-state index in [1.54, 1.807) is 19.2 Å². The summed E-state index contributed by atoms with van der Waals surface area (Å²) in [7, 11) is 3.19. The van der Waals surface area contributed by atoms with Gasteiger partial charge in [0.25, 0.3) is 0 Å². The van der Waals surface area contributed by atoms with Crippen LogP contribution in [-0.4, -0.2) is 22.1 Å². The zero-order chi connectivity index (χ0) is 13.1. The van der Waals surface area contributed by atoms with Gasteiger partial charge in [0.2, 0.25) is 0 Å². The van der Waals surface area contributed by atoms with Crippen molar-refractivity contribution in [3.05, 3.63) is 41.5 Å². The summed E-state index contributed by atoms with van der Waals surface area (Å²) in [5, 5.41) is 7.56. The van der Waals surface area contributed by atoms with E-state index in [4.69, 9.17) is 10.6 Å². The van der Waals surface area contributed by atoms with Crippen LogP contribution in [0.5, 0.6) is 5.75 Å². The minimum absolute atomic E-state index is 0.327. The molecule has 1 aromatic heterocycles. The zero-order valence-corrected chi connectivity index (χ0v) is 10.1. The normalized spacial score (nSPS) is 12.4. The molecule has 1 aromatic carbocycles. The summed E-state index contributed by atoms with van der Waals surface area (Å²) in [6, 6.07) is 4.02. The van der Waals surface area contributed by atoms with Gasteiger partial charge >= 0.3 is 0 Å². The fourth-order valence-electron chi connectivity index (χ4n) is 1.85. The fraction of sp³-hybridized carbons (Fsp3) is 0.273. The van der Waals surface area contributed by atoms with Crippen molar-refractivity contribution in [1.82, 2.24) is 20.4 Å². The lowest BCUT2D eigenvalue weighted by Crippen LogP contribution is -2.31. The van der Waals surface area contributed by atoms with Crippen molar-refractivity contribution >= 4 is 0 Å². The van der Waals surface area contributed by atoms with Crippen LogP contribution in [0.15, 0.2) is 24.4 Å². The van der Waals surface area contributed by atoms with Gasteiger partial charge in [0.05, 0.1) is 30.6 Å². The first-order valence-corrected chi connectivity index (χ1v) is 5.32. The molecule has 18 heavy (non-hydrogen) atoms. The Morgan fingerprint density at radius 3 is 2.83 bits per heavy atom. The number of nitrogens with zero attached hydrogens (tertiary/aromatic N) is 3. The predicted molar refractivity (Wildman–Crippen MR) is 63.1 cm³/mol. The van der Waals surface area contributed by atoms with E-state index in [0.717, 1.165) is 0 Å². The topological polar surface area (TPSA) is 78.0 Å². The summed E-state index contributed by atoms with van der Waals surface area (Å²) in [5.74, 6) is 5.53. The number of hydrogen-bond acceptors (Lipinski definition) is 5. The van der Waals surface area contributed by atoms with Gasteiger partial charge < -0.3 is 4.74 Å². The number of nitrogens with one attached hydrogen (secondary N) is 1. The summed E-state index contributed by atoms with van der Waals surface area (Å²) >= 11 is 0. The number of ether oxygens (including phenoxy) is 1. The summed E-state index contributed by atoms with van der Waals surface area (Å²) in [4.78, 5) is 0. The van der Waals surface area contributed by atoms with E-state index >= 15 is 0 Å². The van der Waals surface area contributed by atoms with Crippen LogP contribution >= 0.6 is 0 Å². The predicted octanol–water partition coefficient (Wildman–Crippen LogP) is 0.515. The van der Waals surface area contributed by atoms with Gasteiger partial charge in [-0.25, -0.2) is 9.82 Å². The first-order chi connectivity index (χ1) is 8.69. The first kappa shape index (κ1) is 12.5. The van der Waals surface area contributed by atoms with Crippen molar-refractivity contribution in [1.29, 1.82) is 0 Å². The Labute approximate surface area is 104 Å².